The van der Waals surface area contributed by atoms with Crippen LogP contribution in [0.5, 0.6) is 0 Å². The molecule has 3 rings (SSSR count). The Morgan fingerprint density at radius 2 is 1.14 bits per heavy atom. The van der Waals surface area contributed by atoms with Crippen LogP contribution >= 0.6 is 23.5 Å². The van der Waals surface area contributed by atoms with Crippen molar-refractivity contribution in [3.8, 4) is 0 Å². The first-order valence-corrected chi connectivity index (χ1v) is 13.7. The van der Waals surface area contributed by atoms with Gasteiger partial charge in [0.1, 0.15) is 11.5 Å². The third-order valence-electron chi connectivity index (χ3n) is 5.12. The van der Waals surface area contributed by atoms with E-state index in [-0.39, 0.29) is 10.2 Å². The predicted octanol–water partition coefficient (Wildman–Crippen LogP) is 6.79. The van der Waals surface area contributed by atoms with Crippen molar-refractivity contribution >= 4 is 39.8 Å². The highest BCUT2D eigenvalue weighted by Gasteiger charge is 2.38. The summed E-state index contributed by atoms with van der Waals surface area (Å²) in [6.45, 7) is 5.30. The molecule has 0 bridgehead atoms. The second kappa shape index (κ2) is 13.3. The van der Waals surface area contributed by atoms with Gasteiger partial charge in [-0.25, -0.2) is 4.79 Å². The normalized spacial score (nSPS) is 12.1. The Hall–Kier alpha value is -3.03. The molecule has 1 amide bonds. The smallest absolute Gasteiger partial charge is 0.408 e. The van der Waals surface area contributed by atoms with Gasteiger partial charge >= 0.3 is 6.09 Å². The first kappa shape index (κ1) is 27.6. The van der Waals surface area contributed by atoms with Crippen molar-refractivity contribution in [2.45, 2.75) is 43.9 Å². The third kappa shape index (κ3) is 8.88. The number of hydrogen-bond acceptors (Lipinski definition) is 6. The summed E-state index contributed by atoms with van der Waals surface area (Å²) in [6, 6.07) is 27.5. The average Bonchev–Trinajstić information content (AvgIpc) is 2.86. The zero-order valence-electron chi connectivity index (χ0n) is 20.7. The van der Waals surface area contributed by atoms with Gasteiger partial charge in [-0.15, -0.1) is 0 Å². The SMILES string of the molecule is CC(C)(C)OC(=O)N[C@H](c1ccccc1)C(C(=O)SCc1ccccc1)C(=O)SCc1ccccc1. The Balaban J connectivity index is 1.88. The number of alkyl carbamates (subject to hydrolysis) is 1. The van der Waals surface area contributed by atoms with Gasteiger partial charge in [0.05, 0.1) is 6.04 Å². The van der Waals surface area contributed by atoms with Crippen molar-refractivity contribution in [1.29, 1.82) is 0 Å². The summed E-state index contributed by atoms with van der Waals surface area (Å²) in [7, 11) is 0. The molecule has 0 saturated carbocycles. The molecule has 0 spiro atoms. The van der Waals surface area contributed by atoms with Crippen LogP contribution in [0.2, 0.25) is 0 Å². The predicted molar refractivity (Wildman–Crippen MR) is 148 cm³/mol. The van der Waals surface area contributed by atoms with Gasteiger partial charge in [0, 0.05) is 11.5 Å². The van der Waals surface area contributed by atoms with Crippen LogP contribution < -0.4 is 5.32 Å². The van der Waals surface area contributed by atoms with E-state index in [4.69, 9.17) is 4.74 Å². The van der Waals surface area contributed by atoms with E-state index >= 15 is 0 Å². The number of rotatable bonds is 9. The first-order valence-electron chi connectivity index (χ1n) is 11.7. The van der Waals surface area contributed by atoms with Crippen LogP contribution in [0, 0.1) is 5.92 Å². The van der Waals surface area contributed by atoms with Crippen molar-refractivity contribution in [2.24, 2.45) is 5.92 Å². The molecule has 36 heavy (non-hydrogen) atoms. The molecule has 3 aromatic carbocycles. The van der Waals surface area contributed by atoms with E-state index in [1.54, 1.807) is 32.9 Å². The molecule has 3 aromatic rings. The zero-order valence-corrected chi connectivity index (χ0v) is 22.3. The molecular weight excluding hydrogens is 490 g/mol. The van der Waals surface area contributed by atoms with Gasteiger partial charge in [0.25, 0.3) is 0 Å². The zero-order chi connectivity index (χ0) is 26.0. The van der Waals surface area contributed by atoms with Crippen molar-refractivity contribution < 1.29 is 19.1 Å². The number of nitrogens with one attached hydrogen (secondary N) is 1. The highest BCUT2D eigenvalue weighted by molar-refractivity contribution is 8.15. The summed E-state index contributed by atoms with van der Waals surface area (Å²) in [5.41, 5.74) is 1.90. The number of thioether (sulfide) groups is 2. The molecule has 0 unspecified atom stereocenters. The maximum Gasteiger partial charge on any atom is 0.408 e. The van der Waals surface area contributed by atoms with Crippen LogP contribution in [0.1, 0.15) is 43.5 Å². The molecule has 1 atom stereocenters. The summed E-state index contributed by atoms with van der Waals surface area (Å²) < 4.78 is 5.47. The summed E-state index contributed by atoms with van der Waals surface area (Å²) in [6.07, 6.45) is -0.678. The minimum Gasteiger partial charge on any atom is -0.444 e. The minimum atomic E-state index is -1.10. The van der Waals surface area contributed by atoms with Crippen LogP contribution in [-0.4, -0.2) is 21.9 Å². The van der Waals surface area contributed by atoms with E-state index in [1.807, 2.05) is 78.9 Å². The average molecular weight is 522 g/mol. The molecule has 7 heteroatoms. The molecule has 0 aliphatic heterocycles. The van der Waals surface area contributed by atoms with Gasteiger partial charge in [-0.05, 0) is 37.5 Å². The second-order valence-corrected chi connectivity index (χ2v) is 11.2. The Bertz CT molecular complexity index is 1080. The molecule has 1 N–H and O–H groups in total. The molecule has 0 aliphatic carbocycles. The lowest BCUT2D eigenvalue weighted by atomic mass is 9.95. The van der Waals surface area contributed by atoms with Crippen LogP contribution in [0.3, 0.4) is 0 Å². The molecule has 0 heterocycles. The number of carbonyl (C=O) groups is 3. The van der Waals surface area contributed by atoms with Gasteiger partial charge in [-0.3, -0.25) is 9.59 Å². The van der Waals surface area contributed by atoms with E-state index in [9.17, 15) is 14.4 Å². The van der Waals surface area contributed by atoms with Gasteiger partial charge in [-0.1, -0.05) is 115 Å². The maximum atomic E-state index is 13.6. The van der Waals surface area contributed by atoms with Crippen LogP contribution in [-0.2, 0) is 25.8 Å². The monoisotopic (exact) mass is 521 g/mol. The fraction of sp³-hybridized carbons (Fsp3) is 0.276. The van der Waals surface area contributed by atoms with Gasteiger partial charge in [0.15, 0.2) is 0 Å². The van der Waals surface area contributed by atoms with Crippen LogP contribution in [0.15, 0.2) is 91.0 Å². The van der Waals surface area contributed by atoms with E-state index in [0.717, 1.165) is 34.7 Å². The van der Waals surface area contributed by atoms with E-state index in [0.29, 0.717) is 17.1 Å². The largest absolute Gasteiger partial charge is 0.444 e. The van der Waals surface area contributed by atoms with Crippen molar-refractivity contribution in [3.63, 3.8) is 0 Å². The van der Waals surface area contributed by atoms with Crippen LogP contribution in [0.25, 0.3) is 0 Å². The molecule has 0 fully saturated rings. The summed E-state index contributed by atoms with van der Waals surface area (Å²) in [5.74, 6) is -0.232. The Morgan fingerprint density at radius 1 is 0.722 bits per heavy atom. The van der Waals surface area contributed by atoms with Crippen LogP contribution in [0.4, 0.5) is 4.79 Å². The van der Waals surface area contributed by atoms with E-state index in [1.165, 1.54) is 0 Å². The molecular formula is C29H31NO4S2. The number of hydrogen-bond donors (Lipinski definition) is 1. The number of benzene rings is 3. The first-order chi connectivity index (χ1) is 17.2. The fourth-order valence-corrected chi connectivity index (χ4v) is 5.38. The molecule has 188 valence electrons. The fourth-order valence-electron chi connectivity index (χ4n) is 3.46. The van der Waals surface area contributed by atoms with Gasteiger partial charge in [0.2, 0.25) is 10.2 Å². The van der Waals surface area contributed by atoms with Gasteiger partial charge < -0.3 is 10.1 Å². The second-order valence-electron chi connectivity index (χ2n) is 9.20. The quantitative estimate of drug-likeness (QED) is 0.313. The number of amides is 1. The van der Waals surface area contributed by atoms with Crippen molar-refractivity contribution in [1.82, 2.24) is 5.32 Å². The molecule has 0 saturated heterocycles. The van der Waals surface area contributed by atoms with Gasteiger partial charge in [-0.2, -0.15) is 0 Å². The molecule has 0 aromatic heterocycles. The lowest BCUT2D eigenvalue weighted by Gasteiger charge is -2.28. The standard InChI is InChI=1S/C29H31NO4S2/c1-29(2,3)34-28(33)30-25(23-17-11-6-12-18-23)24(26(31)35-19-21-13-7-4-8-14-21)27(32)36-20-22-15-9-5-10-16-22/h4-18,24-25H,19-20H2,1-3H3,(H,30,33)/t25-/m1/s1. The molecule has 0 radical (unpaired) electrons. The highest BCUT2D eigenvalue weighted by atomic mass is 32.2. The minimum absolute atomic E-state index is 0.297. The highest BCUT2D eigenvalue weighted by Crippen LogP contribution is 2.33. The molecule has 5 nitrogen and oxygen atoms in total. The maximum absolute atomic E-state index is 13.6. The summed E-state index contributed by atoms with van der Waals surface area (Å²) in [5, 5.41) is 2.22. The summed E-state index contributed by atoms with van der Waals surface area (Å²) >= 11 is 2.17. The lowest BCUT2D eigenvalue weighted by Crippen LogP contribution is -2.41. The van der Waals surface area contributed by atoms with Crippen molar-refractivity contribution in [3.05, 3.63) is 108 Å². The lowest BCUT2D eigenvalue weighted by molar-refractivity contribution is -0.124. The van der Waals surface area contributed by atoms with Crippen molar-refractivity contribution in [2.75, 3.05) is 0 Å². The molecule has 0 aliphatic rings. The topological polar surface area (TPSA) is 72.5 Å². The van der Waals surface area contributed by atoms with E-state index < -0.39 is 23.7 Å². The Morgan fingerprint density at radius 3 is 1.56 bits per heavy atom. The van der Waals surface area contributed by atoms with E-state index in [2.05, 4.69) is 5.32 Å². The number of ether oxygens (including phenoxy) is 1. The third-order valence-corrected chi connectivity index (χ3v) is 7.15. The number of carbonyl (C=O) groups excluding carboxylic acids is 3. The Labute approximate surface area is 221 Å². The Kier molecular flexibility index (Phi) is 10.2. The summed E-state index contributed by atoms with van der Waals surface area (Å²) in [4.78, 5) is 40.0.